The van der Waals surface area contributed by atoms with Crippen LogP contribution in [0.2, 0.25) is 0 Å². The molecule has 1 N–H and O–H groups in total. The van der Waals surface area contributed by atoms with Gasteiger partial charge in [-0.25, -0.2) is 8.42 Å². The molecule has 0 aliphatic heterocycles. The summed E-state index contributed by atoms with van der Waals surface area (Å²) in [5.41, 5.74) is 0. The second-order valence-corrected chi connectivity index (χ2v) is 9.06. The monoisotopic (exact) mass is 347 g/mol. The topological polar surface area (TPSA) is 81.1 Å². The van der Waals surface area contributed by atoms with Gasteiger partial charge in [0.05, 0.1) is 18.1 Å². The molecule has 0 aromatic carbocycles. The molecule has 0 unspecified atom stereocenters. The van der Waals surface area contributed by atoms with Crippen LogP contribution in [0.3, 0.4) is 0 Å². The van der Waals surface area contributed by atoms with Gasteiger partial charge >= 0.3 is 0 Å². The predicted molar refractivity (Wildman–Crippen MR) is 92.0 cm³/mol. The fraction of sp³-hybridized carbons (Fsp3) is 0.714. The standard InChI is InChI=1S/C14H25N3O3S2/c1-4-22(19,20)10-8-17-7-5-13(16-17)15-14(18)11-21-9-6-12(2)3/h5,7,12H,4,6,8-11H2,1-3H3,(H,15,16,18). The molecule has 1 aromatic rings. The van der Waals surface area contributed by atoms with Gasteiger partial charge in [0.15, 0.2) is 15.7 Å². The van der Waals surface area contributed by atoms with Crippen molar-refractivity contribution in [1.29, 1.82) is 0 Å². The number of hydrogen-bond donors (Lipinski definition) is 1. The first kappa shape index (κ1) is 19.0. The lowest BCUT2D eigenvalue weighted by Crippen LogP contribution is -2.17. The fourth-order valence-electron chi connectivity index (χ4n) is 1.59. The van der Waals surface area contributed by atoms with Gasteiger partial charge in [0, 0.05) is 18.0 Å². The second-order valence-electron chi connectivity index (χ2n) is 5.48. The third-order valence-corrected chi connectivity index (χ3v) is 5.73. The van der Waals surface area contributed by atoms with Crippen LogP contribution >= 0.6 is 11.8 Å². The van der Waals surface area contributed by atoms with Gasteiger partial charge in [-0.3, -0.25) is 9.48 Å². The van der Waals surface area contributed by atoms with Crippen molar-refractivity contribution >= 4 is 33.3 Å². The van der Waals surface area contributed by atoms with Crippen molar-refractivity contribution in [3.05, 3.63) is 12.3 Å². The molecular formula is C14H25N3O3S2. The van der Waals surface area contributed by atoms with Gasteiger partial charge in [0.1, 0.15) is 0 Å². The van der Waals surface area contributed by atoms with E-state index in [1.54, 1.807) is 30.9 Å². The molecule has 8 heteroatoms. The van der Waals surface area contributed by atoms with Gasteiger partial charge < -0.3 is 5.32 Å². The Morgan fingerprint density at radius 2 is 2.18 bits per heavy atom. The van der Waals surface area contributed by atoms with Gasteiger partial charge in [0.2, 0.25) is 5.91 Å². The molecule has 0 bridgehead atoms. The fourth-order valence-corrected chi connectivity index (χ4v) is 3.39. The number of nitrogens with one attached hydrogen (secondary N) is 1. The van der Waals surface area contributed by atoms with Gasteiger partial charge in [-0.15, -0.1) is 0 Å². The summed E-state index contributed by atoms with van der Waals surface area (Å²) >= 11 is 1.61. The van der Waals surface area contributed by atoms with Crippen molar-refractivity contribution in [2.24, 2.45) is 5.92 Å². The lowest BCUT2D eigenvalue weighted by atomic mass is 10.2. The number of rotatable bonds is 10. The first-order valence-electron chi connectivity index (χ1n) is 7.44. The molecule has 22 heavy (non-hydrogen) atoms. The number of aromatic nitrogens is 2. The van der Waals surface area contributed by atoms with Crippen molar-refractivity contribution in [2.75, 3.05) is 28.3 Å². The van der Waals surface area contributed by atoms with Crippen LogP contribution in [0.15, 0.2) is 12.3 Å². The number of carbonyl (C=O) groups is 1. The molecule has 0 radical (unpaired) electrons. The predicted octanol–water partition coefficient (Wildman–Crippen LogP) is 2.04. The van der Waals surface area contributed by atoms with E-state index in [2.05, 4.69) is 24.3 Å². The summed E-state index contributed by atoms with van der Waals surface area (Å²) in [5, 5.41) is 6.88. The van der Waals surface area contributed by atoms with Crippen LogP contribution in [0.5, 0.6) is 0 Å². The Bertz CT molecular complexity index is 568. The number of nitrogens with zero attached hydrogens (tertiary/aromatic N) is 2. The van der Waals surface area contributed by atoms with Crippen LogP contribution in [-0.4, -0.2) is 47.1 Å². The van der Waals surface area contributed by atoms with E-state index in [0.717, 1.165) is 12.2 Å². The molecule has 0 atom stereocenters. The molecule has 1 aromatic heterocycles. The summed E-state index contributed by atoms with van der Waals surface area (Å²) in [6.07, 6.45) is 2.77. The van der Waals surface area contributed by atoms with Crippen molar-refractivity contribution in [1.82, 2.24) is 9.78 Å². The van der Waals surface area contributed by atoms with E-state index >= 15 is 0 Å². The molecule has 0 fully saturated rings. The van der Waals surface area contributed by atoms with Crippen LogP contribution in [0, 0.1) is 5.92 Å². The molecular weight excluding hydrogens is 322 g/mol. The number of hydrogen-bond acceptors (Lipinski definition) is 5. The Morgan fingerprint density at radius 1 is 1.45 bits per heavy atom. The maximum atomic E-state index is 11.8. The second kappa shape index (κ2) is 9.19. The Labute approximate surface area is 137 Å². The SMILES string of the molecule is CCS(=O)(=O)CCn1ccc(NC(=O)CSCCC(C)C)n1. The molecule has 0 spiro atoms. The zero-order valence-electron chi connectivity index (χ0n) is 13.4. The summed E-state index contributed by atoms with van der Waals surface area (Å²) in [6, 6.07) is 1.68. The molecule has 0 saturated carbocycles. The maximum Gasteiger partial charge on any atom is 0.235 e. The Kier molecular flexibility index (Phi) is 7.95. The minimum absolute atomic E-state index is 0.0591. The van der Waals surface area contributed by atoms with Gasteiger partial charge in [-0.2, -0.15) is 16.9 Å². The molecule has 126 valence electrons. The van der Waals surface area contributed by atoms with E-state index in [1.807, 2.05) is 0 Å². The Morgan fingerprint density at radius 3 is 2.82 bits per heavy atom. The highest BCUT2D eigenvalue weighted by Crippen LogP contribution is 2.10. The summed E-state index contributed by atoms with van der Waals surface area (Å²) < 4.78 is 24.4. The number of amides is 1. The summed E-state index contributed by atoms with van der Waals surface area (Å²) in [4.78, 5) is 11.8. The average Bonchev–Trinajstić information content (AvgIpc) is 2.89. The van der Waals surface area contributed by atoms with Crippen LogP contribution in [0.4, 0.5) is 5.82 Å². The van der Waals surface area contributed by atoms with Gasteiger partial charge in [-0.05, 0) is 18.1 Å². The minimum Gasteiger partial charge on any atom is -0.308 e. The molecule has 1 heterocycles. The van der Waals surface area contributed by atoms with Crippen molar-refractivity contribution < 1.29 is 13.2 Å². The van der Waals surface area contributed by atoms with Crippen LogP contribution < -0.4 is 5.32 Å². The van der Waals surface area contributed by atoms with Crippen molar-refractivity contribution in [3.8, 4) is 0 Å². The van der Waals surface area contributed by atoms with E-state index < -0.39 is 9.84 Å². The zero-order valence-corrected chi connectivity index (χ0v) is 15.0. The Balaban J connectivity index is 2.34. The summed E-state index contributed by atoms with van der Waals surface area (Å²) in [5.74, 6) is 2.59. The number of sulfone groups is 1. The summed E-state index contributed by atoms with van der Waals surface area (Å²) in [6.45, 7) is 6.24. The first-order valence-corrected chi connectivity index (χ1v) is 10.4. The van der Waals surface area contributed by atoms with Gasteiger partial charge in [0.25, 0.3) is 0 Å². The average molecular weight is 348 g/mol. The summed E-state index contributed by atoms with van der Waals surface area (Å²) in [7, 11) is -3.01. The number of anilines is 1. The van der Waals surface area contributed by atoms with Crippen molar-refractivity contribution in [2.45, 2.75) is 33.7 Å². The van der Waals surface area contributed by atoms with E-state index in [1.165, 1.54) is 4.68 Å². The zero-order chi connectivity index (χ0) is 16.6. The minimum atomic E-state index is -3.01. The highest BCUT2D eigenvalue weighted by molar-refractivity contribution is 7.99. The Hall–Kier alpha value is -1.02. The third kappa shape index (κ3) is 7.84. The van der Waals surface area contributed by atoms with Crippen molar-refractivity contribution in [3.63, 3.8) is 0 Å². The third-order valence-electron chi connectivity index (χ3n) is 3.05. The molecule has 0 aliphatic carbocycles. The van der Waals surface area contributed by atoms with E-state index in [4.69, 9.17) is 0 Å². The highest BCUT2D eigenvalue weighted by atomic mass is 32.2. The smallest absolute Gasteiger partial charge is 0.235 e. The quantitative estimate of drug-likeness (QED) is 0.655. The highest BCUT2D eigenvalue weighted by Gasteiger charge is 2.09. The molecule has 0 aliphatic rings. The maximum absolute atomic E-state index is 11.8. The molecule has 0 saturated heterocycles. The number of carbonyl (C=O) groups excluding carboxylic acids is 1. The van der Waals surface area contributed by atoms with E-state index in [-0.39, 0.29) is 17.4 Å². The lowest BCUT2D eigenvalue weighted by molar-refractivity contribution is -0.113. The number of aryl methyl sites for hydroxylation is 1. The van der Waals surface area contributed by atoms with E-state index in [0.29, 0.717) is 24.0 Å². The van der Waals surface area contributed by atoms with Crippen LogP contribution in [0.1, 0.15) is 27.2 Å². The van der Waals surface area contributed by atoms with Crippen LogP contribution in [0.25, 0.3) is 0 Å². The van der Waals surface area contributed by atoms with Crippen LogP contribution in [-0.2, 0) is 21.2 Å². The normalized spacial score (nSPS) is 11.8. The molecule has 6 nitrogen and oxygen atoms in total. The van der Waals surface area contributed by atoms with Gasteiger partial charge in [-0.1, -0.05) is 20.8 Å². The first-order chi connectivity index (χ1) is 10.3. The van der Waals surface area contributed by atoms with E-state index in [9.17, 15) is 13.2 Å². The largest absolute Gasteiger partial charge is 0.308 e. The molecule has 1 amide bonds. The molecule has 1 rings (SSSR count). The number of thioether (sulfide) groups is 1. The lowest BCUT2D eigenvalue weighted by Gasteiger charge is -2.05.